The van der Waals surface area contributed by atoms with Crippen LogP contribution < -0.4 is 5.32 Å². The van der Waals surface area contributed by atoms with Crippen LogP contribution >= 0.6 is 0 Å². The summed E-state index contributed by atoms with van der Waals surface area (Å²) in [5, 5.41) is 2.83. The molecule has 5 nitrogen and oxygen atoms in total. The number of nitrogens with one attached hydrogen (secondary N) is 1. The van der Waals surface area contributed by atoms with Crippen LogP contribution in [-0.2, 0) is 27.2 Å². The van der Waals surface area contributed by atoms with E-state index in [-0.39, 0.29) is 30.7 Å². The third-order valence-electron chi connectivity index (χ3n) is 5.73. The molecule has 1 aromatic carbocycles. The predicted octanol–water partition coefficient (Wildman–Crippen LogP) is 2.43. The van der Waals surface area contributed by atoms with E-state index in [1.165, 1.54) is 11.1 Å². The van der Waals surface area contributed by atoms with E-state index in [1.54, 1.807) is 0 Å². The van der Waals surface area contributed by atoms with E-state index in [1.807, 2.05) is 12.1 Å². The van der Waals surface area contributed by atoms with E-state index in [0.717, 1.165) is 55.5 Å². The van der Waals surface area contributed by atoms with Crippen molar-refractivity contribution in [2.75, 3.05) is 11.9 Å². The summed E-state index contributed by atoms with van der Waals surface area (Å²) in [4.78, 5) is 38.3. The summed E-state index contributed by atoms with van der Waals surface area (Å²) in [6, 6.07) is 5.96. The Morgan fingerprint density at radius 2 is 1.83 bits per heavy atom. The van der Waals surface area contributed by atoms with Crippen LogP contribution in [0.25, 0.3) is 0 Å². The van der Waals surface area contributed by atoms with Crippen molar-refractivity contribution in [1.82, 2.24) is 4.90 Å². The molecule has 0 bridgehead atoms. The summed E-state index contributed by atoms with van der Waals surface area (Å²) in [6.45, 7) is -0.170. The summed E-state index contributed by atoms with van der Waals surface area (Å²) in [5.74, 6) is -0.648. The van der Waals surface area contributed by atoms with Crippen LogP contribution in [0.5, 0.6) is 0 Å². The third kappa shape index (κ3) is 2.52. The van der Waals surface area contributed by atoms with Crippen LogP contribution in [0, 0.1) is 5.41 Å². The van der Waals surface area contributed by atoms with Gasteiger partial charge in [-0.05, 0) is 55.4 Å². The number of likely N-dealkylation sites (tertiary alicyclic amines) is 1. The molecule has 0 unspecified atom stereocenters. The average Bonchev–Trinajstić information content (AvgIpc) is 3.25. The first-order valence-corrected chi connectivity index (χ1v) is 8.84. The molecule has 2 aliphatic carbocycles. The number of imide groups is 1. The number of hydrogen-bond acceptors (Lipinski definition) is 3. The van der Waals surface area contributed by atoms with Crippen molar-refractivity contribution in [2.24, 2.45) is 5.41 Å². The number of rotatable bonds is 3. The maximum Gasteiger partial charge on any atom is 0.244 e. The Labute approximate surface area is 141 Å². The zero-order valence-corrected chi connectivity index (χ0v) is 13.8. The maximum atomic E-state index is 12.6. The number of aryl methyl sites for hydroxylation is 2. The predicted molar refractivity (Wildman–Crippen MR) is 89.3 cm³/mol. The molecule has 1 aliphatic heterocycles. The van der Waals surface area contributed by atoms with Crippen molar-refractivity contribution in [1.29, 1.82) is 0 Å². The molecule has 1 spiro atoms. The third-order valence-corrected chi connectivity index (χ3v) is 5.73. The van der Waals surface area contributed by atoms with Crippen LogP contribution in [0.3, 0.4) is 0 Å². The largest absolute Gasteiger partial charge is 0.325 e. The molecule has 1 N–H and O–H groups in total. The lowest BCUT2D eigenvalue weighted by Crippen LogP contribution is -2.39. The fourth-order valence-corrected chi connectivity index (χ4v) is 4.46. The second-order valence-corrected chi connectivity index (χ2v) is 7.33. The van der Waals surface area contributed by atoms with Gasteiger partial charge in [0, 0.05) is 12.1 Å². The van der Waals surface area contributed by atoms with E-state index in [4.69, 9.17) is 0 Å². The zero-order valence-electron chi connectivity index (χ0n) is 13.8. The number of amides is 3. The maximum absolute atomic E-state index is 12.6. The van der Waals surface area contributed by atoms with E-state index >= 15 is 0 Å². The lowest BCUT2D eigenvalue weighted by molar-refractivity contribution is -0.143. The first-order chi connectivity index (χ1) is 11.6. The smallest absolute Gasteiger partial charge is 0.244 e. The molecule has 1 saturated heterocycles. The van der Waals surface area contributed by atoms with Gasteiger partial charge in [-0.25, -0.2) is 0 Å². The minimum atomic E-state index is -0.509. The first kappa shape index (κ1) is 15.4. The Morgan fingerprint density at radius 1 is 1.08 bits per heavy atom. The molecule has 5 heteroatoms. The molecule has 126 valence electrons. The number of fused-ring (bicyclic) bond motifs is 1. The molecule has 4 rings (SSSR count). The Kier molecular flexibility index (Phi) is 3.66. The number of anilines is 1. The van der Waals surface area contributed by atoms with Crippen LogP contribution in [0.4, 0.5) is 5.69 Å². The first-order valence-electron chi connectivity index (χ1n) is 8.84. The van der Waals surface area contributed by atoms with E-state index in [9.17, 15) is 14.4 Å². The van der Waals surface area contributed by atoms with Gasteiger partial charge in [0.05, 0.1) is 5.41 Å². The fourth-order valence-electron chi connectivity index (χ4n) is 4.46. The quantitative estimate of drug-likeness (QED) is 0.868. The lowest BCUT2D eigenvalue weighted by atomic mass is 9.84. The van der Waals surface area contributed by atoms with Gasteiger partial charge in [-0.15, -0.1) is 0 Å². The van der Waals surface area contributed by atoms with Crippen molar-refractivity contribution in [3.05, 3.63) is 29.3 Å². The topological polar surface area (TPSA) is 66.5 Å². The lowest BCUT2D eigenvalue weighted by Gasteiger charge is -2.20. The molecule has 3 aliphatic rings. The highest BCUT2D eigenvalue weighted by Gasteiger charge is 2.52. The second kappa shape index (κ2) is 5.72. The SMILES string of the molecule is O=C(CN1C(=O)CC2(CCCC2)C1=O)Nc1ccc2c(c1)CCC2. The van der Waals surface area contributed by atoms with Gasteiger partial charge >= 0.3 is 0 Å². The van der Waals surface area contributed by atoms with Crippen LogP contribution in [0.2, 0.25) is 0 Å². The van der Waals surface area contributed by atoms with Crippen molar-refractivity contribution in [2.45, 2.75) is 51.4 Å². The van der Waals surface area contributed by atoms with E-state index in [0.29, 0.717) is 0 Å². The van der Waals surface area contributed by atoms with Crippen molar-refractivity contribution >= 4 is 23.4 Å². The molecular weight excluding hydrogens is 304 g/mol. The van der Waals surface area contributed by atoms with Gasteiger partial charge in [-0.2, -0.15) is 0 Å². The molecular formula is C19H22N2O3. The molecule has 0 atom stereocenters. The van der Waals surface area contributed by atoms with Crippen LogP contribution in [0.1, 0.15) is 49.7 Å². The minimum absolute atomic E-state index is 0.144. The van der Waals surface area contributed by atoms with Crippen molar-refractivity contribution < 1.29 is 14.4 Å². The normalized spacial score (nSPS) is 21.6. The molecule has 1 saturated carbocycles. The molecule has 0 aromatic heterocycles. The summed E-state index contributed by atoms with van der Waals surface area (Å²) in [5.41, 5.74) is 2.87. The summed E-state index contributed by atoms with van der Waals surface area (Å²) in [7, 11) is 0. The van der Waals surface area contributed by atoms with Gasteiger partial charge in [-0.3, -0.25) is 19.3 Å². The fraction of sp³-hybridized carbons (Fsp3) is 0.526. The molecule has 3 amide bonds. The van der Waals surface area contributed by atoms with Gasteiger partial charge in [0.2, 0.25) is 17.7 Å². The Bertz CT molecular complexity index is 719. The van der Waals surface area contributed by atoms with Crippen molar-refractivity contribution in [3.63, 3.8) is 0 Å². The number of benzene rings is 1. The standard InChI is InChI=1S/C19H22N2O3/c22-16(20-15-7-6-13-4-3-5-14(13)10-15)12-21-17(23)11-19(18(21)24)8-1-2-9-19/h6-7,10H,1-5,8-9,11-12H2,(H,20,22). The van der Waals surface area contributed by atoms with Gasteiger partial charge in [0.25, 0.3) is 0 Å². The van der Waals surface area contributed by atoms with Gasteiger partial charge in [-0.1, -0.05) is 18.9 Å². The molecule has 1 heterocycles. The highest BCUT2D eigenvalue weighted by molar-refractivity contribution is 6.09. The second-order valence-electron chi connectivity index (χ2n) is 7.33. The monoisotopic (exact) mass is 326 g/mol. The Morgan fingerprint density at radius 3 is 2.62 bits per heavy atom. The zero-order chi connectivity index (χ0) is 16.7. The Hall–Kier alpha value is -2.17. The van der Waals surface area contributed by atoms with E-state index in [2.05, 4.69) is 11.4 Å². The average molecular weight is 326 g/mol. The molecule has 1 aromatic rings. The van der Waals surface area contributed by atoms with Crippen LogP contribution in [0.15, 0.2) is 18.2 Å². The number of hydrogen-bond donors (Lipinski definition) is 1. The highest BCUT2D eigenvalue weighted by Crippen LogP contribution is 2.46. The number of nitrogens with zero attached hydrogens (tertiary/aromatic N) is 1. The molecule has 24 heavy (non-hydrogen) atoms. The summed E-state index contributed by atoms with van der Waals surface area (Å²) in [6.07, 6.45) is 7.13. The van der Waals surface area contributed by atoms with Crippen LogP contribution in [-0.4, -0.2) is 29.2 Å². The number of carbonyl (C=O) groups excluding carboxylic acids is 3. The molecule has 0 radical (unpaired) electrons. The van der Waals surface area contributed by atoms with Gasteiger partial charge < -0.3 is 5.32 Å². The summed E-state index contributed by atoms with van der Waals surface area (Å²) < 4.78 is 0. The Balaban J connectivity index is 1.43. The highest BCUT2D eigenvalue weighted by atomic mass is 16.2. The van der Waals surface area contributed by atoms with Gasteiger partial charge in [0.1, 0.15) is 6.54 Å². The van der Waals surface area contributed by atoms with E-state index < -0.39 is 5.41 Å². The summed E-state index contributed by atoms with van der Waals surface area (Å²) >= 11 is 0. The minimum Gasteiger partial charge on any atom is -0.325 e. The number of carbonyl (C=O) groups is 3. The molecule has 2 fully saturated rings. The van der Waals surface area contributed by atoms with Crippen molar-refractivity contribution in [3.8, 4) is 0 Å². The van der Waals surface area contributed by atoms with Gasteiger partial charge in [0.15, 0.2) is 0 Å².